The van der Waals surface area contributed by atoms with Gasteiger partial charge >= 0.3 is 6.18 Å². The van der Waals surface area contributed by atoms with E-state index >= 15 is 0 Å². The summed E-state index contributed by atoms with van der Waals surface area (Å²) in [6, 6.07) is 5.79. The van der Waals surface area contributed by atoms with Gasteiger partial charge in [-0.05, 0) is 30.3 Å². The van der Waals surface area contributed by atoms with E-state index in [1.807, 2.05) is 0 Å². The highest BCUT2D eigenvalue weighted by Crippen LogP contribution is 2.32. The van der Waals surface area contributed by atoms with Crippen LogP contribution in [0.4, 0.5) is 13.2 Å². The van der Waals surface area contributed by atoms with E-state index in [-0.39, 0.29) is 27.6 Å². The van der Waals surface area contributed by atoms with E-state index in [2.05, 4.69) is 9.97 Å². The summed E-state index contributed by atoms with van der Waals surface area (Å²) in [5, 5.41) is 7.57. The van der Waals surface area contributed by atoms with Gasteiger partial charge < -0.3 is 10.3 Å². The Labute approximate surface area is 152 Å². The molecule has 0 aliphatic rings. The topological polar surface area (TPSA) is 115 Å². The number of nitrogens with zero attached hydrogens (tertiary/aromatic N) is 3. The number of hydrogen-bond donors (Lipinski definition) is 2. The number of nitrogen functional groups attached to an aromatic ring is 1. The van der Waals surface area contributed by atoms with Crippen molar-refractivity contribution in [3.8, 4) is 11.5 Å². The van der Waals surface area contributed by atoms with E-state index in [0.717, 1.165) is 18.4 Å². The molecule has 0 fully saturated rings. The average Bonchev–Trinajstić information content (AvgIpc) is 2.89. The molecule has 3 N–H and O–H groups in total. The molecule has 27 heavy (non-hydrogen) atoms. The average molecular weight is 397 g/mol. The monoisotopic (exact) mass is 397 g/mol. The van der Waals surface area contributed by atoms with Crippen molar-refractivity contribution < 1.29 is 21.6 Å². The maximum Gasteiger partial charge on any atom is 0.416 e. The number of imidazole rings is 1. The second-order valence-electron chi connectivity index (χ2n) is 5.92. The first-order valence-electron chi connectivity index (χ1n) is 7.49. The van der Waals surface area contributed by atoms with E-state index in [1.165, 1.54) is 22.8 Å². The molecule has 142 valence electrons. The van der Waals surface area contributed by atoms with Crippen molar-refractivity contribution in [1.29, 1.82) is 5.41 Å². The molecular formula is C16H14F3N5O2S. The molecule has 0 saturated carbocycles. The van der Waals surface area contributed by atoms with Gasteiger partial charge in [-0.2, -0.15) is 13.2 Å². The summed E-state index contributed by atoms with van der Waals surface area (Å²) in [4.78, 5) is 8.08. The van der Waals surface area contributed by atoms with Gasteiger partial charge in [0, 0.05) is 13.3 Å². The third-order valence-electron chi connectivity index (χ3n) is 3.95. The largest absolute Gasteiger partial charge is 0.416 e. The molecule has 0 saturated heterocycles. The summed E-state index contributed by atoms with van der Waals surface area (Å²) in [6.45, 7) is 0. The maximum absolute atomic E-state index is 12.9. The fourth-order valence-corrected chi connectivity index (χ4v) is 3.49. The maximum atomic E-state index is 12.9. The molecule has 0 aliphatic heterocycles. The third kappa shape index (κ3) is 3.37. The Kier molecular flexibility index (Phi) is 4.22. The van der Waals surface area contributed by atoms with E-state index < -0.39 is 27.4 Å². The van der Waals surface area contributed by atoms with Gasteiger partial charge in [-0.3, -0.25) is 5.41 Å². The number of benzene rings is 1. The first-order valence-corrected chi connectivity index (χ1v) is 9.38. The smallest absolute Gasteiger partial charge is 0.382 e. The van der Waals surface area contributed by atoms with Gasteiger partial charge in [-0.15, -0.1) is 0 Å². The Bertz CT molecular complexity index is 1180. The normalized spacial score (nSPS) is 12.5. The number of fused-ring (bicyclic) bond motifs is 1. The van der Waals surface area contributed by atoms with Crippen molar-refractivity contribution in [3.05, 3.63) is 41.6 Å². The van der Waals surface area contributed by atoms with Crippen LogP contribution in [0, 0.1) is 5.41 Å². The van der Waals surface area contributed by atoms with Crippen molar-refractivity contribution in [3.63, 3.8) is 0 Å². The SMILES string of the molecule is Cn1c(-c2ccc(S(C)(=O)=O)c(C(=N)N)n2)nc2cc(C(F)(F)F)ccc21. The molecule has 0 unspecified atom stereocenters. The standard InChI is InChI=1S/C16H14F3N5O2S/c1-24-11-5-3-8(16(17,18)19)7-10(11)23-15(24)9-4-6-12(27(2,25)26)13(22-9)14(20)21/h3-7H,1-2H3,(H3,20,21). The number of pyridine rings is 1. The van der Waals surface area contributed by atoms with Gasteiger partial charge in [0.05, 0.1) is 21.5 Å². The second kappa shape index (κ2) is 6.05. The predicted molar refractivity (Wildman–Crippen MR) is 93.1 cm³/mol. The molecule has 0 aliphatic carbocycles. The summed E-state index contributed by atoms with van der Waals surface area (Å²) in [5.41, 5.74) is 5.11. The zero-order chi connectivity index (χ0) is 20.1. The molecule has 11 heteroatoms. The summed E-state index contributed by atoms with van der Waals surface area (Å²) < 4.78 is 63.9. The Balaban J connectivity index is 2.22. The Morgan fingerprint density at radius 1 is 1.19 bits per heavy atom. The fourth-order valence-electron chi connectivity index (χ4n) is 2.67. The third-order valence-corrected chi connectivity index (χ3v) is 5.08. The van der Waals surface area contributed by atoms with Gasteiger partial charge in [-0.1, -0.05) is 0 Å². The lowest BCUT2D eigenvalue weighted by atomic mass is 10.2. The number of sulfone groups is 1. The minimum Gasteiger partial charge on any atom is -0.382 e. The number of nitrogens with two attached hydrogens (primary N) is 1. The lowest BCUT2D eigenvalue weighted by Crippen LogP contribution is -2.18. The number of nitrogens with one attached hydrogen (secondary N) is 1. The van der Waals surface area contributed by atoms with Crippen LogP contribution in [0.3, 0.4) is 0 Å². The van der Waals surface area contributed by atoms with Crippen molar-refractivity contribution in [1.82, 2.24) is 14.5 Å². The molecule has 2 aromatic heterocycles. The van der Waals surface area contributed by atoms with Gasteiger partial charge in [-0.25, -0.2) is 18.4 Å². The zero-order valence-corrected chi connectivity index (χ0v) is 15.0. The van der Waals surface area contributed by atoms with Gasteiger partial charge in [0.15, 0.2) is 15.7 Å². The van der Waals surface area contributed by atoms with Gasteiger partial charge in [0.2, 0.25) is 0 Å². The van der Waals surface area contributed by atoms with Crippen LogP contribution in [0.15, 0.2) is 35.2 Å². The molecule has 0 radical (unpaired) electrons. The molecule has 2 heterocycles. The van der Waals surface area contributed by atoms with Crippen LogP contribution < -0.4 is 5.73 Å². The number of amidine groups is 1. The molecule has 3 rings (SSSR count). The second-order valence-corrected chi connectivity index (χ2v) is 7.91. The number of rotatable bonds is 3. The summed E-state index contributed by atoms with van der Waals surface area (Å²) >= 11 is 0. The first-order chi connectivity index (χ1) is 12.4. The first kappa shape index (κ1) is 18.8. The lowest BCUT2D eigenvalue weighted by molar-refractivity contribution is -0.137. The Morgan fingerprint density at radius 3 is 2.41 bits per heavy atom. The van der Waals surface area contributed by atoms with Crippen molar-refractivity contribution in [2.24, 2.45) is 12.8 Å². The minimum absolute atomic E-state index is 0.112. The fraction of sp³-hybridized carbons (Fsp3) is 0.188. The Hall–Kier alpha value is -2.95. The van der Waals surface area contributed by atoms with Crippen molar-refractivity contribution >= 4 is 26.7 Å². The molecule has 0 amide bonds. The van der Waals surface area contributed by atoms with Crippen LogP contribution >= 0.6 is 0 Å². The van der Waals surface area contributed by atoms with E-state index in [1.54, 1.807) is 7.05 Å². The van der Waals surface area contributed by atoms with E-state index in [4.69, 9.17) is 11.1 Å². The quantitative estimate of drug-likeness (QED) is 0.520. The number of halogens is 3. The van der Waals surface area contributed by atoms with Crippen molar-refractivity contribution in [2.45, 2.75) is 11.1 Å². The summed E-state index contributed by atoms with van der Waals surface area (Å²) in [5.74, 6) is -0.331. The number of aryl methyl sites for hydroxylation is 1. The molecule has 0 spiro atoms. The van der Waals surface area contributed by atoms with E-state index in [9.17, 15) is 21.6 Å². The van der Waals surface area contributed by atoms with E-state index in [0.29, 0.717) is 5.52 Å². The van der Waals surface area contributed by atoms with Crippen LogP contribution in [0.2, 0.25) is 0 Å². The highest BCUT2D eigenvalue weighted by atomic mass is 32.2. The molecule has 0 atom stereocenters. The molecule has 1 aromatic carbocycles. The number of alkyl halides is 3. The van der Waals surface area contributed by atoms with Crippen LogP contribution in [0.5, 0.6) is 0 Å². The molecule has 3 aromatic rings. The summed E-state index contributed by atoms with van der Waals surface area (Å²) in [6.07, 6.45) is -3.53. The predicted octanol–water partition coefficient (Wildman–Crippen LogP) is 2.34. The van der Waals surface area contributed by atoms with Gasteiger partial charge in [0.1, 0.15) is 17.2 Å². The molecular weight excluding hydrogens is 383 g/mol. The lowest BCUT2D eigenvalue weighted by Gasteiger charge is -2.08. The number of hydrogen-bond acceptors (Lipinski definition) is 5. The van der Waals surface area contributed by atoms with Gasteiger partial charge in [0.25, 0.3) is 0 Å². The van der Waals surface area contributed by atoms with Crippen LogP contribution in [-0.4, -0.2) is 35.0 Å². The Morgan fingerprint density at radius 2 is 1.85 bits per heavy atom. The van der Waals surface area contributed by atoms with Crippen LogP contribution in [0.25, 0.3) is 22.6 Å². The highest BCUT2D eigenvalue weighted by Gasteiger charge is 2.31. The summed E-state index contributed by atoms with van der Waals surface area (Å²) in [7, 11) is -2.07. The highest BCUT2D eigenvalue weighted by molar-refractivity contribution is 7.90. The molecule has 0 bridgehead atoms. The minimum atomic E-state index is -4.50. The van der Waals surface area contributed by atoms with Crippen LogP contribution in [0.1, 0.15) is 11.3 Å². The van der Waals surface area contributed by atoms with Crippen molar-refractivity contribution in [2.75, 3.05) is 6.26 Å². The number of aromatic nitrogens is 3. The zero-order valence-electron chi connectivity index (χ0n) is 14.2. The van der Waals surface area contributed by atoms with Crippen LogP contribution in [-0.2, 0) is 23.1 Å². The molecule has 7 nitrogen and oxygen atoms in total.